The van der Waals surface area contributed by atoms with Crippen molar-refractivity contribution >= 4 is 15.9 Å². The topological polar surface area (TPSA) is 79.8 Å². The molecule has 8 heteroatoms. The molecule has 0 radical (unpaired) electrons. The van der Waals surface area contributed by atoms with Crippen LogP contribution in [-0.2, 0) is 16.6 Å². The average molecular weight is 480 g/mol. The van der Waals surface area contributed by atoms with Crippen molar-refractivity contribution in [2.75, 3.05) is 26.2 Å². The molecule has 1 fully saturated rings. The SMILES string of the molecule is CC(C)c1ccc(S(=O)(=O)N2CCN(C(=O)c3ccc(OCc4cccnc4)cc3)CC2)cc1. The Labute approximate surface area is 201 Å². The van der Waals surface area contributed by atoms with E-state index in [1.54, 1.807) is 53.7 Å². The third kappa shape index (κ3) is 5.46. The van der Waals surface area contributed by atoms with Gasteiger partial charge in [-0.2, -0.15) is 4.31 Å². The summed E-state index contributed by atoms with van der Waals surface area (Å²) in [4.78, 5) is 19.0. The summed E-state index contributed by atoms with van der Waals surface area (Å²) >= 11 is 0. The first-order chi connectivity index (χ1) is 16.3. The molecule has 1 aliphatic heterocycles. The van der Waals surface area contributed by atoms with Crippen molar-refractivity contribution in [3.05, 3.63) is 89.7 Å². The van der Waals surface area contributed by atoms with Crippen LogP contribution in [0.15, 0.2) is 78.0 Å². The maximum absolute atomic E-state index is 13.0. The maximum atomic E-state index is 13.0. The average Bonchev–Trinajstić information content (AvgIpc) is 2.88. The van der Waals surface area contributed by atoms with Crippen LogP contribution in [0.3, 0.4) is 0 Å². The first kappa shape index (κ1) is 23.9. The maximum Gasteiger partial charge on any atom is 0.253 e. The van der Waals surface area contributed by atoms with Crippen LogP contribution in [0.2, 0.25) is 0 Å². The second-order valence-corrected chi connectivity index (χ2v) is 10.5. The summed E-state index contributed by atoms with van der Waals surface area (Å²) in [6.07, 6.45) is 3.46. The van der Waals surface area contributed by atoms with Gasteiger partial charge in [-0.15, -0.1) is 0 Å². The minimum atomic E-state index is -3.58. The quantitative estimate of drug-likeness (QED) is 0.513. The van der Waals surface area contributed by atoms with E-state index >= 15 is 0 Å². The Balaban J connectivity index is 1.33. The van der Waals surface area contributed by atoms with Crippen LogP contribution in [0.5, 0.6) is 5.75 Å². The van der Waals surface area contributed by atoms with Gasteiger partial charge < -0.3 is 9.64 Å². The number of carbonyl (C=O) groups excluding carboxylic acids is 1. The molecule has 3 aromatic rings. The third-order valence-electron chi connectivity index (χ3n) is 5.94. The van der Waals surface area contributed by atoms with Gasteiger partial charge in [-0.1, -0.05) is 32.0 Å². The van der Waals surface area contributed by atoms with E-state index in [-0.39, 0.29) is 19.0 Å². The number of hydrogen-bond acceptors (Lipinski definition) is 5. The van der Waals surface area contributed by atoms with E-state index in [1.165, 1.54) is 4.31 Å². The van der Waals surface area contributed by atoms with E-state index in [2.05, 4.69) is 18.8 Å². The normalized spacial score (nSPS) is 14.9. The number of sulfonamides is 1. The molecule has 0 bridgehead atoms. The summed E-state index contributed by atoms with van der Waals surface area (Å²) in [5.41, 5.74) is 2.61. The third-order valence-corrected chi connectivity index (χ3v) is 7.85. The Hall–Kier alpha value is -3.23. The molecule has 7 nitrogen and oxygen atoms in total. The second-order valence-electron chi connectivity index (χ2n) is 8.59. The second kappa shape index (κ2) is 10.4. The molecule has 178 valence electrons. The lowest BCUT2D eigenvalue weighted by atomic mass is 10.0. The van der Waals surface area contributed by atoms with Gasteiger partial charge in [0, 0.05) is 49.7 Å². The molecule has 2 heterocycles. The fourth-order valence-corrected chi connectivity index (χ4v) is 5.25. The van der Waals surface area contributed by atoms with Gasteiger partial charge >= 0.3 is 0 Å². The van der Waals surface area contributed by atoms with E-state index in [4.69, 9.17) is 4.74 Å². The Morgan fingerprint density at radius 1 is 0.971 bits per heavy atom. The first-order valence-corrected chi connectivity index (χ1v) is 12.8. The van der Waals surface area contributed by atoms with Crippen molar-refractivity contribution in [2.24, 2.45) is 0 Å². The molecule has 0 unspecified atom stereocenters. The Bertz CT molecular complexity index is 1200. The standard InChI is InChI=1S/C26H29N3O4S/c1-20(2)22-7-11-25(12-8-22)34(31,32)29-16-14-28(15-17-29)26(30)23-5-9-24(10-6-23)33-19-21-4-3-13-27-18-21/h3-13,18,20H,14-17,19H2,1-2H3. The minimum absolute atomic E-state index is 0.114. The number of hydrogen-bond donors (Lipinski definition) is 0. The van der Waals surface area contributed by atoms with Crippen molar-refractivity contribution in [1.29, 1.82) is 0 Å². The Morgan fingerprint density at radius 2 is 1.65 bits per heavy atom. The number of piperazine rings is 1. The smallest absolute Gasteiger partial charge is 0.253 e. The lowest BCUT2D eigenvalue weighted by Crippen LogP contribution is -2.50. The van der Waals surface area contributed by atoms with Gasteiger partial charge in [0.15, 0.2) is 0 Å². The van der Waals surface area contributed by atoms with E-state index < -0.39 is 10.0 Å². The molecule has 0 N–H and O–H groups in total. The summed E-state index contributed by atoms with van der Waals surface area (Å²) in [5.74, 6) is 0.894. The molecule has 1 aliphatic rings. The molecule has 4 rings (SSSR count). The zero-order valence-electron chi connectivity index (χ0n) is 19.4. The molecule has 0 spiro atoms. The molecule has 1 amide bonds. The number of rotatable bonds is 7. The zero-order valence-corrected chi connectivity index (χ0v) is 20.2. The number of aromatic nitrogens is 1. The van der Waals surface area contributed by atoms with Gasteiger partial charge in [0.1, 0.15) is 12.4 Å². The molecule has 0 atom stereocenters. The fraction of sp³-hybridized carbons (Fsp3) is 0.308. The van der Waals surface area contributed by atoms with E-state index in [9.17, 15) is 13.2 Å². The summed E-state index contributed by atoms with van der Waals surface area (Å²) in [6.45, 7) is 5.78. The lowest BCUT2D eigenvalue weighted by Gasteiger charge is -2.34. The van der Waals surface area contributed by atoms with Crippen molar-refractivity contribution in [1.82, 2.24) is 14.2 Å². The van der Waals surface area contributed by atoms with E-state index in [1.807, 2.05) is 24.3 Å². The lowest BCUT2D eigenvalue weighted by molar-refractivity contribution is 0.0698. The van der Waals surface area contributed by atoms with Crippen molar-refractivity contribution < 1.29 is 17.9 Å². The predicted octanol–water partition coefficient (Wildman–Crippen LogP) is 3.93. The molecule has 1 aromatic heterocycles. The first-order valence-electron chi connectivity index (χ1n) is 11.4. The van der Waals surface area contributed by atoms with Crippen LogP contribution in [0, 0.1) is 0 Å². The Morgan fingerprint density at radius 3 is 2.24 bits per heavy atom. The number of pyridine rings is 1. The van der Waals surface area contributed by atoms with Crippen molar-refractivity contribution in [3.8, 4) is 5.75 Å². The molecule has 0 aliphatic carbocycles. The highest BCUT2D eigenvalue weighted by Crippen LogP contribution is 2.22. The number of amides is 1. The monoisotopic (exact) mass is 479 g/mol. The largest absolute Gasteiger partial charge is 0.489 e. The van der Waals surface area contributed by atoms with Gasteiger partial charge in [0.2, 0.25) is 10.0 Å². The minimum Gasteiger partial charge on any atom is -0.489 e. The highest BCUT2D eigenvalue weighted by molar-refractivity contribution is 7.89. The number of nitrogens with zero attached hydrogens (tertiary/aromatic N) is 3. The molecule has 2 aromatic carbocycles. The van der Waals surface area contributed by atoms with Crippen LogP contribution < -0.4 is 4.74 Å². The molecular weight excluding hydrogens is 450 g/mol. The summed E-state index contributed by atoms with van der Waals surface area (Å²) in [7, 11) is -3.58. The molecule has 0 saturated carbocycles. The Kier molecular flexibility index (Phi) is 7.29. The van der Waals surface area contributed by atoms with Gasteiger partial charge in [-0.3, -0.25) is 9.78 Å². The molecule has 34 heavy (non-hydrogen) atoms. The highest BCUT2D eigenvalue weighted by atomic mass is 32.2. The number of benzene rings is 2. The van der Waals surface area contributed by atoms with Gasteiger partial charge in [0.25, 0.3) is 5.91 Å². The van der Waals surface area contributed by atoms with Crippen LogP contribution in [-0.4, -0.2) is 54.7 Å². The number of carbonyl (C=O) groups is 1. The van der Waals surface area contributed by atoms with Crippen LogP contribution in [0.4, 0.5) is 0 Å². The molecular formula is C26H29N3O4S. The van der Waals surface area contributed by atoms with Crippen LogP contribution >= 0.6 is 0 Å². The van der Waals surface area contributed by atoms with Gasteiger partial charge in [0.05, 0.1) is 4.90 Å². The van der Waals surface area contributed by atoms with E-state index in [0.717, 1.165) is 11.1 Å². The van der Waals surface area contributed by atoms with Gasteiger partial charge in [-0.25, -0.2) is 8.42 Å². The summed E-state index contributed by atoms with van der Waals surface area (Å²) in [6, 6.07) is 17.9. The summed E-state index contributed by atoms with van der Waals surface area (Å²) < 4.78 is 33.2. The van der Waals surface area contributed by atoms with Crippen molar-refractivity contribution in [2.45, 2.75) is 31.3 Å². The highest BCUT2D eigenvalue weighted by Gasteiger charge is 2.30. The predicted molar refractivity (Wildman–Crippen MR) is 130 cm³/mol. The fourth-order valence-electron chi connectivity index (χ4n) is 3.83. The van der Waals surface area contributed by atoms with Crippen LogP contribution in [0.25, 0.3) is 0 Å². The van der Waals surface area contributed by atoms with Crippen molar-refractivity contribution in [3.63, 3.8) is 0 Å². The number of ether oxygens (including phenoxy) is 1. The summed E-state index contributed by atoms with van der Waals surface area (Å²) in [5, 5.41) is 0. The van der Waals surface area contributed by atoms with Gasteiger partial charge in [-0.05, 0) is 53.9 Å². The molecule has 1 saturated heterocycles. The van der Waals surface area contributed by atoms with E-state index in [0.29, 0.717) is 41.8 Å². The van der Waals surface area contributed by atoms with Crippen LogP contribution in [0.1, 0.15) is 41.3 Å². The zero-order chi connectivity index (χ0) is 24.1.